The number of nitrogens with zero attached hydrogens (tertiary/aromatic N) is 2. The van der Waals surface area contributed by atoms with Gasteiger partial charge in [-0.2, -0.15) is 13.2 Å². The first-order valence-corrected chi connectivity index (χ1v) is 7.80. The van der Waals surface area contributed by atoms with Gasteiger partial charge < -0.3 is 14.5 Å². The highest BCUT2D eigenvalue weighted by Crippen LogP contribution is 2.33. The number of pyridine rings is 1. The van der Waals surface area contributed by atoms with Gasteiger partial charge in [-0.15, -0.1) is 0 Å². The number of hydrogen-bond acceptors (Lipinski definition) is 3. The summed E-state index contributed by atoms with van der Waals surface area (Å²) in [5.74, 6) is -0.292. The Morgan fingerprint density at radius 1 is 1.27 bits per heavy atom. The zero-order chi connectivity index (χ0) is 18.9. The fourth-order valence-corrected chi connectivity index (χ4v) is 2.66. The predicted molar refractivity (Wildman–Crippen MR) is 91.1 cm³/mol. The van der Waals surface area contributed by atoms with Crippen LogP contribution in [-0.2, 0) is 15.7 Å². The molecule has 2 heterocycles. The molecule has 1 N–H and O–H groups in total. The number of carbonyl (C=O) groups excluding carboxylic acids is 1. The second kappa shape index (κ2) is 6.97. The molecule has 0 saturated carbocycles. The Morgan fingerprint density at radius 3 is 2.58 bits per heavy atom. The summed E-state index contributed by atoms with van der Waals surface area (Å²) in [5, 5.41) is 2.56. The Bertz CT molecular complexity index is 952. The zero-order valence-electron chi connectivity index (χ0n) is 13.5. The number of rotatable bonds is 4. The molecule has 0 aliphatic carbocycles. The van der Waals surface area contributed by atoms with E-state index in [1.165, 1.54) is 17.7 Å². The van der Waals surface area contributed by atoms with Crippen molar-refractivity contribution in [1.82, 2.24) is 9.38 Å². The van der Waals surface area contributed by atoms with E-state index in [4.69, 9.17) is 16.3 Å². The fourth-order valence-electron chi connectivity index (χ4n) is 2.40. The lowest BCUT2D eigenvalue weighted by atomic mass is 10.1. The van der Waals surface area contributed by atoms with Gasteiger partial charge in [0.1, 0.15) is 6.61 Å². The van der Waals surface area contributed by atoms with Crippen LogP contribution in [0.25, 0.3) is 16.9 Å². The first-order chi connectivity index (χ1) is 12.3. The van der Waals surface area contributed by atoms with Crippen molar-refractivity contribution < 1.29 is 22.7 Å². The molecule has 9 heteroatoms. The Morgan fingerprint density at radius 2 is 1.96 bits per heavy atom. The Labute approximate surface area is 151 Å². The number of fused-ring (bicyclic) bond motifs is 1. The summed E-state index contributed by atoms with van der Waals surface area (Å²) in [6.07, 6.45) is -2.09. The van der Waals surface area contributed by atoms with Gasteiger partial charge in [0.05, 0.1) is 16.3 Å². The molecule has 3 aromatic rings. The van der Waals surface area contributed by atoms with Crippen molar-refractivity contribution in [1.29, 1.82) is 0 Å². The summed E-state index contributed by atoms with van der Waals surface area (Å²) in [7, 11) is 1.42. The van der Waals surface area contributed by atoms with Gasteiger partial charge >= 0.3 is 6.18 Å². The van der Waals surface area contributed by atoms with Gasteiger partial charge in [-0.1, -0.05) is 23.7 Å². The quantitative estimate of drug-likeness (QED) is 0.732. The average Bonchev–Trinajstić information content (AvgIpc) is 2.99. The number of benzene rings is 1. The van der Waals surface area contributed by atoms with Crippen molar-refractivity contribution >= 4 is 28.8 Å². The van der Waals surface area contributed by atoms with Crippen LogP contribution in [-0.4, -0.2) is 29.0 Å². The van der Waals surface area contributed by atoms with Crippen LogP contribution in [0.2, 0.25) is 5.02 Å². The number of anilines is 1. The molecule has 5 nitrogen and oxygen atoms in total. The van der Waals surface area contributed by atoms with Gasteiger partial charge in [0.15, 0.2) is 5.65 Å². The molecule has 0 saturated heterocycles. The Hall–Kier alpha value is -2.58. The molecular formula is C17H13ClF3N3O2. The number of amides is 1. The minimum absolute atomic E-state index is 0.0613. The maximum absolute atomic E-state index is 12.9. The van der Waals surface area contributed by atoms with Crippen molar-refractivity contribution in [2.24, 2.45) is 0 Å². The van der Waals surface area contributed by atoms with E-state index < -0.39 is 11.7 Å². The molecule has 0 radical (unpaired) electrons. The van der Waals surface area contributed by atoms with Crippen molar-refractivity contribution in [2.45, 2.75) is 6.18 Å². The van der Waals surface area contributed by atoms with E-state index in [0.29, 0.717) is 16.9 Å². The fraction of sp³-hybridized carbons (Fsp3) is 0.176. The number of aromatic nitrogens is 2. The van der Waals surface area contributed by atoms with E-state index >= 15 is 0 Å². The molecule has 136 valence electrons. The number of carbonyl (C=O) groups is 1. The number of imidazole rings is 1. The minimum Gasteiger partial charge on any atom is -0.375 e. The minimum atomic E-state index is -4.50. The summed E-state index contributed by atoms with van der Waals surface area (Å²) < 4.78 is 44.7. The largest absolute Gasteiger partial charge is 0.417 e. The first kappa shape index (κ1) is 18.2. The van der Waals surface area contributed by atoms with Crippen LogP contribution < -0.4 is 5.32 Å². The second-order valence-electron chi connectivity index (χ2n) is 5.49. The van der Waals surface area contributed by atoms with E-state index in [1.54, 1.807) is 24.3 Å². The van der Waals surface area contributed by atoms with Gasteiger partial charge in [0, 0.05) is 30.8 Å². The van der Waals surface area contributed by atoms with Crippen molar-refractivity contribution in [2.75, 3.05) is 19.0 Å². The summed E-state index contributed by atoms with van der Waals surface area (Å²) >= 11 is 5.94. The number of nitrogens with one attached hydrogen (secondary N) is 1. The third-order valence-electron chi connectivity index (χ3n) is 3.57. The number of ether oxygens (including phenoxy) is 1. The highest BCUT2D eigenvalue weighted by Gasteiger charge is 2.31. The van der Waals surface area contributed by atoms with E-state index in [-0.39, 0.29) is 23.2 Å². The number of methoxy groups -OCH3 is 1. The molecule has 0 bridgehead atoms. The molecule has 0 aliphatic rings. The zero-order valence-corrected chi connectivity index (χ0v) is 14.2. The lowest BCUT2D eigenvalue weighted by Gasteiger charge is -2.07. The second-order valence-corrected chi connectivity index (χ2v) is 5.90. The first-order valence-electron chi connectivity index (χ1n) is 7.42. The third kappa shape index (κ3) is 3.81. The molecule has 26 heavy (non-hydrogen) atoms. The highest BCUT2D eigenvalue weighted by molar-refractivity contribution is 6.33. The van der Waals surface area contributed by atoms with E-state index in [1.807, 2.05) is 0 Å². The number of hydrogen-bond donors (Lipinski definition) is 1. The van der Waals surface area contributed by atoms with E-state index in [9.17, 15) is 18.0 Å². The molecule has 0 fully saturated rings. The Kier molecular flexibility index (Phi) is 4.88. The molecule has 1 amide bonds. The topological polar surface area (TPSA) is 55.6 Å². The monoisotopic (exact) mass is 383 g/mol. The molecule has 0 aliphatic heterocycles. The molecule has 0 unspecified atom stereocenters. The maximum atomic E-state index is 12.9. The molecule has 0 atom stereocenters. The van der Waals surface area contributed by atoms with E-state index in [0.717, 1.165) is 12.3 Å². The molecular weight excluding hydrogens is 371 g/mol. The SMILES string of the molecule is COCC(=O)Nc1ccc(-c2cn3cc(C(F)(F)F)cc(Cl)c3n2)cc1. The van der Waals surface area contributed by atoms with Crippen LogP contribution in [0.3, 0.4) is 0 Å². The summed E-state index contributed by atoms with van der Waals surface area (Å²) in [4.78, 5) is 15.8. The van der Waals surface area contributed by atoms with Crippen LogP contribution in [0.4, 0.5) is 18.9 Å². The summed E-state index contributed by atoms with van der Waals surface area (Å²) in [6.45, 7) is -0.0613. The van der Waals surface area contributed by atoms with Crippen molar-refractivity contribution in [3.63, 3.8) is 0 Å². The van der Waals surface area contributed by atoms with Crippen LogP contribution in [0.15, 0.2) is 42.7 Å². The third-order valence-corrected chi connectivity index (χ3v) is 3.85. The lowest BCUT2D eigenvalue weighted by molar-refractivity contribution is -0.137. The lowest BCUT2D eigenvalue weighted by Crippen LogP contribution is -2.16. The van der Waals surface area contributed by atoms with Crippen molar-refractivity contribution in [3.05, 3.63) is 53.3 Å². The average molecular weight is 384 g/mol. The standard InChI is InChI=1S/C17H13ClF3N3O2/c1-26-9-15(25)22-12-4-2-10(3-5-12)14-8-24-7-11(17(19,20)21)6-13(18)16(24)23-14/h2-8H,9H2,1H3,(H,22,25). The predicted octanol–water partition coefficient (Wildman–Crippen LogP) is 4.26. The number of halogens is 4. The number of alkyl halides is 3. The van der Waals surface area contributed by atoms with Crippen LogP contribution in [0, 0.1) is 0 Å². The molecule has 3 rings (SSSR count). The van der Waals surface area contributed by atoms with Crippen LogP contribution in [0.1, 0.15) is 5.56 Å². The van der Waals surface area contributed by atoms with Gasteiger partial charge in [0.25, 0.3) is 0 Å². The molecule has 2 aromatic heterocycles. The van der Waals surface area contributed by atoms with Crippen LogP contribution >= 0.6 is 11.6 Å². The van der Waals surface area contributed by atoms with Crippen LogP contribution in [0.5, 0.6) is 0 Å². The summed E-state index contributed by atoms with van der Waals surface area (Å²) in [5.41, 5.74) is 1.07. The smallest absolute Gasteiger partial charge is 0.375 e. The van der Waals surface area contributed by atoms with E-state index in [2.05, 4.69) is 10.3 Å². The molecule has 0 spiro atoms. The Balaban J connectivity index is 1.91. The highest BCUT2D eigenvalue weighted by atomic mass is 35.5. The molecule has 1 aromatic carbocycles. The van der Waals surface area contributed by atoms with Gasteiger partial charge in [-0.25, -0.2) is 4.98 Å². The van der Waals surface area contributed by atoms with Gasteiger partial charge in [-0.3, -0.25) is 4.79 Å². The van der Waals surface area contributed by atoms with Crippen molar-refractivity contribution in [3.8, 4) is 11.3 Å². The normalized spacial score (nSPS) is 11.7. The van der Waals surface area contributed by atoms with Gasteiger partial charge in [0.2, 0.25) is 5.91 Å². The maximum Gasteiger partial charge on any atom is 0.417 e. The van der Waals surface area contributed by atoms with Gasteiger partial charge in [-0.05, 0) is 18.2 Å². The summed E-state index contributed by atoms with van der Waals surface area (Å²) in [6, 6.07) is 7.57.